The normalized spacial score (nSPS) is 17.4. The second-order valence-electron chi connectivity index (χ2n) is 6.42. The average Bonchev–Trinajstić information content (AvgIpc) is 3.12. The van der Waals surface area contributed by atoms with E-state index < -0.39 is 0 Å². The highest BCUT2D eigenvalue weighted by molar-refractivity contribution is 6.32. The maximum Gasteiger partial charge on any atom is 0.410 e. The quantitative estimate of drug-likeness (QED) is 0.701. The van der Waals surface area contributed by atoms with E-state index in [9.17, 15) is 4.79 Å². The maximum absolute atomic E-state index is 12.4. The van der Waals surface area contributed by atoms with E-state index in [1.54, 1.807) is 17.3 Å². The zero-order valence-electron chi connectivity index (χ0n) is 14.2. The Labute approximate surface area is 156 Å². The number of piperidine rings is 1. The Kier molecular flexibility index (Phi) is 4.75. The van der Waals surface area contributed by atoms with E-state index >= 15 is 0 Å². The SMILES string of the molecule is O=C(OCc1ccccc1)N1CCC[C@@H](c2ncc3c(Cl)nccn23)C1. The number of fused-ring (bicyclic) bond motifs is 1. The van der Waals surface area contributed by atoms with Gasteiger partial charge < -0.3 is 9.64 Å². The number of hydrogen-bond acceptors (Lipinski definition) is 4. The van der Waals surface area contributed by atoms with Gasteiger partial charge in [-0.15, -0.1) is 0 Å². The van der Waals surface area contributed by atoms with Gasteiger partial charge in [0, 0.05) is 31.4 Å². The largest absolute Gasteiger partial charge is 0.445 e. The van der Waals surface area contributed by atoms with Gasteiger partial charge in [0.15, 0.2) is 5.15 Å². The molecular weight excluding hydrogens is 352 g/mol. The minimum atomic E-state index is -0.279. The van der Waals surface area contributed by atoms with Crippen LogP contribution < -0.4 is 0 Å². The molecule has 1 aliphatic heterocycles. The average molecular weight is 371 g/mol. The fraction of sp³-hybridized carbons (Fsp3) is 0.316. The Balaban J connectivity index is 1.45. The van der Waals surface area contributed by atoms with Crippen molar-refractivity contribution in [1.82, 2.24) is 19.3 Å². The summed E-state index contributed by atoms with van der Waals surface area (Å²) in [5.74, 6) is 1.05. The molecule has 1 saturated heterocycles. The molecule has 4 rings (SSSR count). The first kappa shape index (κ1) is 16.8. The maximum atomic E-state index is 12.4. The fourth-order valence-electron chi connectivity index (χ4n) is 3.38. The first-order chi connectivity index (χ1) is 12.7. The minimum Gasteiger partial charge on any atom is -0.445 e. The number of hydrogen-bond donors (Lipinski definition) is 0. The van der Waals surface area contributed by atoms with E-state index in [1.165, 1.54) is 0 Å². The van der Waals surface area contributed by atoms with Crippen LogP contribution in [0.25, 0.3) is 5.52 Å². The van der Waals surface area contributed by atoms with Crippen LogP contribution in [0.15, 0.2) is 48.9 Å². The summed E-state index contributed by atoms with van der Waals surface area (Å²) in [5.41, 5.74) is 1.77. The van der Waals surface area contributed by atoms with Crippen molar-refractivity contribution < 1.29 is 9.53 Å². The second kappa shape index (κ2) is 7.33. The van der Waals surface area contributed by atoms with Crippen LogP contribution in [0.4, 0.5) is 4.79 Å². The second-order valence-corrected chi connectivity index (χ2v) is 6.77. The molecule has 0 spiro atoms. The number of rotatable bonds is 3. The summed E-state index contributed by atoms with van der Waals surface area (Å²) >= 11 is 6.13. The molecule has 7 heteroatoms. The van der Waals surface area contributed by atoms with Gasteiger partial charge in [-0.05, 0) is 18.4 Å². The van der Waals surface area contributed by atoms with Gasteiger partial charge >= 0.3 is 6.09 Å². The summed E-state index contributed by atoms with van der Waals surface area (Å²) < 4.78 is 7.43. The van der Waals surface area contributed by atoms with Crippen LogP contribution in [0.3, 0.4) is 0 Å². The van der Waals surface area contributed by atoms with Crippen molar-refractivity contribution in [2.45, 2.75) is 25.4 Å². The lowest BCUT2D eigenvalue weighted by Gasteiger charge is -2.31. The van der Waals surface area contributed by atoms with Crippen molar-refractivity contribution in [3.05, 3.63) is 65.5 Å². The molecule has 1 amide bonds. The molecule has 3 aromatic rings. The molecular formula is C19H19ClN4O2. The number of amides is 1. The van der Waals surface area contributed by atoms with E-state index in [1.807, 2.05) is 40.9 Å². The van der Waals surface area contributed by atoms with Gasteiger partial charge in [-0.2, -0.15) is 0 Å². The molecule has 3 heterocycles. The molecule has 1 aliphatic rings. The molecule has 1 atom stereocenters. The van der Waals surface area contributed by atoms with Crippen molar-refractivity contribution >= 4 is 23.2 Å². The number of carbonyl (C=O) groups excluding carboxylic acids is 1. The number of carbonyl (C=O) groups is 1. The van der Waals surface area contributed by atoms with E-state index in [2.05, 4.69) is 9.97 Å². The molecule has 0 saturated carbocycles. The van der Waals surface area contributed by atoms with Crippen LogP contribution in [0.1, 0.15) is 30.1 Å². The fourth-order valence-corrected chi connectivity index (χ4v) is 3.58. The molecule has 2 aromatic heterocycles. The Morgan fingerprint density at radius 2 is 2.12 bits per heavy atom. The number of likely N-dealkylation sites (tertiary alicyclic amines) is 1. The highest BCUT2D eigenvalue weighted by Gasteiger charge is 2.28. The molecule has 0 aliphatic carbocycles. The number of aromatic nitrogens is 3. The van der Waals surface area contributed by atoms with Gasteiger partial charge in [-0.25, -0.2) is 14.8 Å². The van der Waals surface area contributed by atoms with Crippen LogP contribution in [0.5, 0.6) is 0 Å². The lowest BCUT2D eigenvalue weighted by Crippen LogP contribution is -2.39. The Morgan fingerprint density at radius 3 is 2.96 bits per heavy atom. The Morgan fingerprint density at radius 1 is 1.27 bits per heavy atom. The molecule has 0 radical (unpaired) electrons. The molecule has 1 fully saturated rings. The van der Waals surface area contributed by atoms with E-state index in [0.29, 0.717) is 18.2 Å². The zero-order chi connectivity index (χ0) is 17.9. The Hall–Kier alpha value is -2.60. The third-order valence-electron chi connectivity index (χ3n) is 4.69. The first-order valence-corrected chi connectivity index (χ1v) is 9.03. The molecule has 1 aromatic carbocycles. The van der Waals surface area contributed by atoms with Crippen molar-refractivity contribution in [3.8, 4) is 0 Å². The van der Waals surface area contributed by atoms with Gasteiger partial charge in [0.25, 0.3) is 0 Å². The summed E-state index contributed by atoms with van der Waals surface area (Å²) in [6.45, 7) is 1.58. The zero-order valence-corrected chi connectivity index (χ0v) is 15.0. The topological polar surface area (TPSA) is 59.7 Å². The summed E-state index contributed by atoms with van der Waals surface area (Å²) in [7, 11) is 0. The number of nitrogens with zero attached hydrogens (tertiary/aromatic N) is 4. The van der Waals surface area contributed by atoms with Crippen molar-refractivity contribution in [1.29, 1.82) is 0 Å². The van der Waals surface area contributed by atoms with Gasteiger partial charge in [0.2, 0.25) is 0 Å². The van der Waals surface area contributed by atoms with Crippen LogP contribution >= 0.6 is 11.6 Å². The molecule has 0 N–H and O–H groups in total. The van der Waals surface area contributed by atoms with Crippen LogP contribution in [-0.2, 0) is 11.3 Å². The third kappa shape index (κ3) is 3.37. The number of ether oxygens (including phenoxy) is 1. The van der Waals surface area contributed by atoms with Crippen molar-refractivity contribution in [2.75, 3.05) is 13.1 Å². The van der Waals surface area contributed by atoms with Crippen molar-refractivity contribution in [2.24, 2.45) is 0 Å². The summed E-state index contributed by atoms with van der Waals surface area (Å²) in [4.78, 5) is 22.8. The van der Waals surface area contributed by atoms with Gasteiger partial charge in [-0.1, -0.05) is 41.9 Å². The monoisotopic (exact) mass is 370 g/mol. The van der Waals surface area contributed by atoms with E-state index in [0.717, 1.165) is 29.7 Å². The summed E-state index contributed by atoms with van der Waals surface area (Å²) in [6.07, 6.45) is 6.86. The lowest BCUT2D eigenvalue weighted by molar-refractivity contribution is 0.0853. The molecule has 6 nitrogen and oxygen atoms in total. The number of imidazole rings is 1. The van der Waals surface area contributed by atoms with Crippen LogP contribution in [-0.4, -0.2) is 38.5 Å². The predicted octanol–water partition coefficient (Wildman–Crippen LogP) is 3.90. The Bertz CT molecular complexity index is 912. The van der Waals surface area contributed by atoms with Gasteiger partial charge in [0.05, 0.1) is 6.20 Å². The lowest BCUT2D eigenvalue weighted by atomic mass is 9.97. The standard InChI is InChI=1S/C19H19ClN4O2/c20-17-16-11-22-18(24(16)10-8-21-17)15-7-4-9-23(12-15)19(25)26-13-14-5-2-1-3-6-14/h1-3,5-6,8,10-11,15H,4,7,9,12-13H2/t15-/m1/s1. The van der Waals surface area contributed by atoms with Crippen LogP contribution in [0.2, 0.25) is 5.15 Å². The molecule has 0 unspecified atom stereocenters. The predicted molar refractivity (Wildman–Crippen MR) is 98.2 cm³/mol. The third-order valence-corrected chi connectivity index (χ3v) is 4.98. The smallest absolute Gasteiger partial charge is 0.410 e. The minimum absolute atomic E-state index is 0.147. The molecule has 0 bridgehead atoms. The van der Waals surface area contributed by atoms with Gasteiger partial charge in [-0.3, -0.25) is 4.40 Å². The van der Waals surface area contributed by atoms with Gasteiger partial charge in [0.1, 0.15) is 17.9 Å². The molecule has 26 heavy (non-hydrogen) atoms. The number of benzene rings is 1. The molecule has 134 valence electrons. The number of halogens is 1. The highest BCUT2D eigenvalue weighted by atomic mass is 35.5. The summed E-state index contributed by atoms with van der Waals surface area (Å²) in [5, 5.41) is 0.432. The highest BCUT2D eigenvalue weighted by Crippen LogP contribution is 2.28. The van der Waals surface area contributed by atoms with Crippen molar-refractivity contribution in [3.63, 3.8) is 0 Å². The van der Waals surface area contributed by atoms with E-state index in [-0.39, 0.29) is 18.6 Å². The first-order valence-electron chi connectivity index (χ1n) is 8.65. The van der Waals surface area contributed by atoms with E-state index in [4.69, 9.17) is 16.3 Å². The summed E-state index contributed by atoms with van der Waals surface area (Å²) in [6, 6.07) is 9.70. The van der Waals surface area contributed by atoms with Crippen LogP contribution in [0, 0.1) is 0 Å².